The lowest BCUT2D eigenvalue weighted by Gasteiger charge is -2.22. The summed E-state index contributed by atoms with van der Waals surface area (Å²) in [5, 5.41) is 0. The largest absolute Gasteiger partial charge is 0.439 e. The number of nitrogens with zero attached hydrogens (tertiary/aromatic N) is 4. The molecule has 114 valence electrons. The van der Waals surface area contributed by atoms with Crippen LogP contribution in [0.3, 0.4) is 0 Å². The Labute approximate surface area is 123 Å². The third-order valence-electron chi connectivity index (χ3n) is 4.23. The fourth-order valence-electron chi connectivity index (χ4n) is 3.11. The summed E-state index contributed by atoms with van der Waals surface area (Å²) in [6.07, 6.45) is 4.75. The number of amides is 2. The lowest BCUT2D eigenvalue weighted by molar-refractivity contribution is -0.131. The highest BCUT2D eigenvalue weighted by Crippen LogP contribution is 2.31. The maximum absolute atomic E-state index is 12.4. The molecule has 1 unspecified atom stereocenters. The second kappa shape index (κ2) is 5.05. The number of carbonyl (C=O) groups is 2. The fourth-order valence-corrected chi connectivity index (χ4v) is 3.11. The van der Waals surface area contributed by atoms with Gasteiger partial charge in [0.05, 0.1) is 13.1 Å². The molecule has 1 aromatic rings. The molecule has 0 saturated carbocycles. The maximum Gasteiger partial charge on any atom is 0.410 e. The molecule has 7 heteroatoms. The average molecular weight is 292 g/mol. The van der Waals surface area contributed by atoms with Crippen LogP contribution in [-0.2, 0) is 22.5 Å². The summed E-state index contributed by atoms with van der Waals surface area (Å²) in [5.74, 6) is 0.953. The van der Waals surface area contributed by atoms with Gasteiger partial charge in [-0.15, -0.1) is 0 Å². The van der Waals surface area contributed by atoms with E-state index in [4.69, 9.17) is 4.74 Å². The van der Waals surface area contributed by atoms with Crippen LogP contribution >= 0.6 is 0 Å². The van der Waals surface area contributed by atoms with Crippen LogP contribution in [0.15, 0.2) is 12.4 Å². The van der Waals surface area contributed by atoms with Crippen molar-refractivity contribution in [1.82, 2.24) is 19.4 Å². The summed E-state index contributed by atoms with van der Waals surface area (Å²) in [4.78, 5) is 31.5. The number of aromatic nitrogens is 2. The molecule has 21 heavy (non-hydrogen) atoms. The van der Waals surface area contributed by atoms with Crippen LogP contribution in [0, 0.1) is 0 Å². The first-order chi connectivity index (χ1) is 10.0. The minimum absolute atomic E-state index is 0.0465. The lowest BCUT2D eigenvalue weighted by Crippen LogP contribution is -2.40. The molecule has 2 saturated heterocycles. The van der Waals surface area contributed by atoms with Crippen molar-refractivity contribution in [1.29, 1.82) is 0 Å². The normalized spacial score (nSPS) is 25.0. The molecule has 7 nitrogen and oxygen atoms in total. The van der Waals surface area contributed by atoms with Crippen LogP contribution in [0.4, 0.5) is 4.79 Å². The number of ether oxygens (including phenoxy) is 1. The van der Waals surface area contributed by atoms with Crippen molar-refractivity contribution in [2.24, 2.45) is 0 Å². The molecule has 1 atom stereocenters. The predicted octanol–water partition coefficient (Wildman–Crippen LogP) is 0.499. The van der Waals surface area contributed by atoms with Gasteiger partial charge in [-0.1, -0.05) is 6.92 Å². The number of rotatable bonds is 3. The van der Waals surface area contributed by atoms with Gasteiger partial charge >= 0.3 is 6.09 Å². The number of aryl methyl sites for hydroxylation is 1. The number of likely N-dealkylation sites (N-methyl/N-ethyl adjacent to an activating group) is 1. The highest BCUT2D eigenvalue weighted by atomic mass is 16.6. The van der Waals surface area contributed by atoms with E-state index in [1.54, 1.807) is 23.0 Å². The van der Waals surface area contributed by atoms with Gasteiger partial charge in [-0.05, 0) is 0 Å². The molecule has 0 N–H and O–H groups in total. The summed E-state index contributed by atoms with van der Waals surface area (Å²) in [7, 11) is 1.72. The summed E-state index contributed by atoms with van der Waals surface area (Å²) in [5.41, 5.74) is -0.510. The van der Waals surface area contributed by atoms with Gasteiger partial charge in [-0.3, -0.25) is 4.79 Å². The smallest absolute Gasteiger partial charge is 0.410 e. The minimum Gasteiger partial charge on any atom is -0.439 e. The molecule has 2 amide bonds. The molecular weight excluding hydrogens is 272 g/mol. The van der Waals surface area contributed by atoms with Crippen LogP contribution in [0.5, 0.6) is 0 Å². The molecule has 3 rings (SSSR count). The Balaban J connectivity index is 1.64. The Morgan fingerprint density at radius 3 is 2.95 bits per heavy atom. The third kappa shape index (κ3) is 2.48. The van der Waals surface area contributed by atoms with E-state index >= 15 is 0 Å². The Kier molecular flexibility index (Phi) is 3.35. The molecule has 2 aliphatic heterocycles. The van der Waals surface area contributed by atoms with Crippen LogP contribution in [-0.4, -0.2) is 63.6 Å². The minimum atomic E-state index is -0.510. The molecule has 0 aliphatic carbocycles. The highest BCUT2D eigenvalue weighted by Gasteiger charge is 2.49. The van der Waals surface area contributed by atoms with E-state index in [0.717, 1.165) is 12.2 Å². The quantitative estimate of drug-likeness (QED) is 0.813. The van der Waals surface area contributed by atoms with E-state index in [2.05, 4.69) is 4.98 Å². The van der Waals surface area contributed by atoms with Crippen LogP contribution in [0.1, 0.15) is 19.2 Å². The van der Waals surface area contributed by atoms with Gasteiger partial charge in [0.25, 0.3) is 0 Å². The molecule has 1 aromatic heterocycles. The zero-order chi connectivity index (χ0) is 15.0. The van der Waals surface area contributed by atoms with Gasteiger partial charge in [0, 0.05) is 38.8 Å². The maximum atomic E-state index is 12.4. The van der Waals surface area contributed by atoms with E-state index in [-0.39, 0.29) is 12.0 Å². The van der Waals surface area contributed by atoms with Crippen molar-refractivity contribution in [2.45, 2.75) is 31.9 Å². The third-order valence-corrected chi connectivity index (χ3v) is 4.23. The van der Waals surface area contributed by atoms with E-state index in [0.29, 0.717) is 32.6 Å². The van der Waals surface area contributed by atoms with E-state index in [1.807, 2.05) is 17.7 Å². The number of imidazole rings is 1. The number of hydrogen-bond donors (Lipinski definition) is 0. The zero-order valence-electron chi connectivity index (χ0n) is 12.4. The molecular formula is C14H20N4O3. The summed E-state index contributed by atoms with van der Waals surface area (Å²) in [6, 6.07) is 0. The van der Waals surface area contributed by atoms with Crippen molar-refractivity contribution in [2.75, 3.05) is 26.7 Å². The van der Waals surface area contributed by atoms with Gasteiger partial charge in [0.2, 0.25) is 5.91 Å². The zero-order valence-corrected chi connectivity index (χ0v) is 12.4. The average Bonchev–Trinajstić information content (AvgIpc) is 3.11. The van der Waals surface area contributed by atoms with Crippen LogP contribution < -0.4 is 0 Å². The van der Waals surface area contributed by atoms with Crippen LogP contribution in [0.2, 0.25) is 0 Å². The van der Waals surface area contributed by atoms with E-state index < -0.39 is 5.60 Å². The molecule has 2 aliphatic rings. The van der Waals surface area contributed by atoms with E-state index in [9.17, 15) is 9.59 Å². The molecule has 0 aromatic carbocycles. The van der Waals surface area contributed by atoms with Gasteiger partial charge < -0.3 is 19.1 Å². The SMILES string of the molecule is CCc1nccn1CC(=O)N1CCC2(CN(C)C(=O)O2)C1. The highest BCUT2D eigenvalue weighted by molar-refractivity contribution is 5.77. The first-order valence-electron chi connectivity index (χ1n) is 7.25. The second-order valence-electron chi connectivity index (χ2n) is 5.80. The topological polar surface area (TPSA) is 67.7 Å². The van der Waals surface area contributed by atoms with Crippen molar-refractivity contribution in [3.63, 3.8) is 0 Å². The second-order valence-corrected chi connectivity index (χ2v) is 5.80. The van der Waals surface area contributed by atoms with Crippen molar-refractivity contribution >= 4 is 12.0 Å². The molecule has 0 radical (unpaired) electrons. The molecule has 2 fully saturated rings. The van der Waals surface area contributed by atoms with Gasteiger partial charge in [0.15, 0.2) is 5.60 Å². The first kappa shape index (κ1) is 13.9. The monoisotopic (exact) mass is 292 g/mol. The Morgan fingerprint density at radius 2 is 2.29 bits per heavy atom. The Morgan fingerprint density at radius 1 is 1.48 bits per heavy atom. The summed E-state index contributed by atoms with van der Waals surface area (Å²) >= 11 is 0. The summed E-state index contributed by atoms with van der Waals surface area (Å²) < 4.78 is 7.33. The molecule has 3 heterocycles. The van der Waals surface area contributed by atoms with Gasteiger partial charge in [-0.2, -0.15) is 0 Å². The number of hydrogen-bond acceptors (Lipinski definition) is 4. The van der Waals surface area contributed by atoms with Gasteiger partial charge in [0.1, 0.15) is 12.4 Å². The Bertz CT molecular complexity index is 570. The Hall–Kier alpha value is -2.05. The van der Waals surface area contributed by atoms with Crippen molar-refractivity contribution in [3.05, 3.63) is 18.2 Å². The predicted molar refractivity (Wildman–Crippen MR) is 74.6 cm³/mol. The summed E-state index contributed by atoms with van der Waals surface area (Å²) in [6.45, 7) is 3.99. The van der Waals surface area contributed by atoms with Crippen LogP contribution in [0.25, 0.3) is 0 Å². The first-order valence-corrected chi connectivity index (χ1v) is 7.25. The van der Waals surface area contributed by atoms with Crippen molar-refractivity contribution < 1.29 is 14.3 Å². The molecule has 0 bridgehead atoms. The molecule has 1 spiro atoms. The fraction of sp³-hybridized carbons (Fsp3) is 0.643. The van der Waals surface area contributed by atoms with E-state index in [1.165, 1.54) is 0 Å². The standard InChI is InChI=1S/C14H20N4O3/c1-3-11-15-5-7-17(11)8-12(19)18-6-4-14(10-18)9-16(2)13(20)21-14/h5,7H,3-4,6,8-10H2,1-2H3. The lowest BCUT2D eigenvalue weighted by atomic mass is 10.0. The number of likely N-dealkylation sites (tertiary alicyclic amines) is 1. The number of carbonyl (C=O) groups excluding carboxylic acids is 2. The van der Waals surface area contributed by atoms with Gasteiger partial charge in [-0.25, -0.2) is 9.78 Å². The van der Waals surface area contributed by atoms with Crippen molar-refractivity contribution in [3.8, 4) is 0 Å².